The molecule has 0 aliphatic carbocycles. The summed E-state index contributed by atoms with van der Waals surface area (Å²) < 4.78 is 18.6. The number of ether oxygens (including phenoxy) is 2. The van der Waals surface area contributed by atoms with E-state index in [2.05, 4.69) is 44.6 Å². The molecular formula is C22H27N7O3S. The van der Waals surface area contributed by atoms with Crippen molar-refractivity contribution >= 4 is 16.3 Å². The second-order valence-electron chi connectivity index (χ2n) is 8.65. The Morgan fingerprint density at radius 1 is 1.39 bits per heavy atom. The van der Waals surface area contributed by atoms with Gasteiger partial charge in [-0.15, -0.1) is 10.2 Å². The molecule has 174 valence electrons. The molecule has 0 aromatic carbocycles. The molecule has 1 saturated heterocycles. The minimum Gasteiger partial charge on any atom is -0.481 e. The van der Waals surface area contributed by atoms with Gasteiger partial charge < -0.3 is 19.3 Å². The highest BCUT2D eigenvalue weighted by Crippen LogP contribution is 2.44. The summed E-state index contributed by atoms with van der Waals surface area (Å²) in [5, 5.41) is 16.4. The van der Waals surface area contributed by atoms with Crippen LogP contribution in [0, 0.1) is 11.8 Å². The van der Waals surface area contributed by atoms with Gasteiger partial charge in [0.2, 0.25) is 10.8 Å². The molecule has 4 aromatic heterocycles. The predicted octanol–water partition coefficient (Wildman–Crippen LogP) is 3.22. The average molecular weight is 470 g/mol. The number of piperidine rings is 1. The minimum absolute atomic E-state index is 0.159. The lowest BCUT2D eigenvalue weighted by atomic mass is 9.63. The van der Waals surface area contributed by atoms with E-state index in [1.807, 2.05) is 18.3 Å². The van der Waals surface area contributed by atoms with Gasteiger partial charge in [-0.25, -0.2) is 14.5 Å². The number of hydrogen-bond donors (Lipinski definition) is 1. The van der Waals surface area contributed by atoms with Gasteiger partial charge in [0, 0.05) is 28.5 Å². The monoisotopic (exact) mass is 469 g/mol. The van der Waals surface area contributed by atoms with Gasteiger partial charge in [-0.1, -0.05) is 13.8 Å². The highest BCUT2D eigenvalue weighted by Gasteiger charge is 2.46. The summed E-state index contributed by atoms with van der Waals surface area (Å²) in [4.78, 5) is 9.60. The number of fused-ring (bicyclic) bond motifs is 1. The first-order chi connectivity index (χ1) is 16.1. The van der Waals surface area contributed by atoms with Crippen LogP contribution in [0.4, 0.5) is 0 Å². The van der Waals surface area contributed by atoms with E-state index in [0.717, 1.165) is 47.9 Å². The molecule has 2 atom stereocenters. The third-order valence-corrected chi connectivity index (χ3v) is 7.35. The molecule has 0 spiro atoms. The summed E-state index contributed by atoms with van der Waals surface area (Å²) in [5.41, 5.74) is 1.58. The number of hydrogen-bond acceptors (Lipinski definition) is 10. The second kappa shape index (κ2) is 9.06. The summed E-state index contributed by atoms with van der Waals surface area (Å²) in [5.74, 6) is 2.28. The Morgan fingerprint density at radius 2 is 2.30 bits per heavy atom. The normalized spacial score (nSPS) is 21.0. The number of rotatable bonds is 8. The molecular weight excluding hydrogens is 442 g/mol. The highest BCUT2D eigenvalue weighted by atomic mass is 32.1. The fourth-order valence-corrected chi connectivity index (χ4v) is 5.59. The molecule has 5 heterocycles. The standard InChI is InChI=1S/C22H27N7O3S/c1-14(2)16-11-23-8-5-22(16,18-12-25-28-32-18)6-9-31-21-27-29-13-17(26-20(29)33-21)15-4-7-24-19(10-15)30-3/h4,7,10,12-14,16,23H,5-6,8-9,11H2,1-3H3/t16?,22-/m0/s1. The number of pyridine rings is 1. The predicted molar refractivity (Wildman–Crippen MR) is 123 cm³/mol. The van der Waals surface area contributed by atoms with Crippen LogP contribution >= 0.6 is 11.3 Å². The smallest absolute Gasteiger partial charge is 0.294 e. The summed E-state index contributed by atoms with van der Waals surface area (Å²) >= 11 is 1.42. The Morgan fingerprint density at radius 3 is 3.06 bits per heavy atom. The Balaban J connectivity index is 1.31. The second-order valence-corrected chi connectivity index (χ2v) is 9.57. The van der Waals surface area contributed by atoms with E-state index in [1.54, 1.807) is 24.0 Å². The molecule has 0 radical (unpaired) electrons. The van der Waals surface area contributed by atoms with E-state index in [4.69, 9.17) is 14.0 Å². The molecule has 4 aromatic rings. The lowest BCUT2D eigenvalue weighted by Gasteiger charge is -2.44. The molecule has 1 unspecified atom stereocenters. The number of methoxy groups -OCH3 is 1. The van der Waals surface area contributed by atoms with Crippen molar-refractivity contribution in [2.75, 3.05) is 26.8 Å². The van der Waals surface area contributed by atoms with Crippen molar-refractivity contribution in [3.8, 4) is 22.3 Å². The zero-order valence-electron chi connectivity index (χ0n) is 18.9. The van der Waals surface area contributed by atoms with Crippen molar-refractivity contribution in [3.63, 3.8) is 0 Å². The van der Waals surface area contributed by atoms with Gasteiger partial charge in [0.1, 0.15) is 0 Å². The summed E-state index contributed by atoms with van der Waals surface area (Å²) in [6.45, 7) is 6.89. The van der Waals surface area contributed by atoms with E-state index in [9.17, 15) is 0 Å². The van der Waals surface area contributed by atoms with Crippen molar-refractivity contribution in [2.45, 2.75) is 32.1 Å². The first kappa shape index (κ1) is 21.8. The van der Waals surface area contributed by atoms with E-state index in [1.165, 1.54) is 11.3 Å². The van der Waals surface area contributed by atoms with Gasteiger partial charge >= 0.3 is 0 Å². The van der Waals surface area contributed by atoms with Crippen molar-refractivity contribution in [2.24, 2.45) is 11.8 Å². The summed E-state index contributed by atoms with van der Waals surface area (Å²) in [6.07, 6.45) is 7.10. The van der Waals surface area contributed by atoms with Crippen LogP contribution in [-0.2, 0) is 5.41 Å². The Labute approximate surface area is 195 Å². The molecule has 10 nitrogen and oxygen atoms in total. The van der Waals surface area contributed by atoms with Crippen LogP contribution in [0.3, 0.4) is 0 Å². The zero-order chi connectivity index (χ0) is 22.8. The fraction of sp³-hybridized carbons (Fsp3) is 0.500. The average Bonchev–Trinajstić information content (AvgIpc) is 3.56. The Bertz CT molecular complexity index is 1170. The van der Waals surface area contributed by atoms with Crippen LogP contribution in [0.1, 0.15) is 32.4 Å². The van der Waals surface area contributed by atoms with Crippen molar-refractivity contribution < 1.29 is 14.0 Å². The first-order valence-electron chi connectivity index (χ1n) is 11.1. The van der Waals surface area contributed by atoms with E-state index < -0.39 is 0 Å². The SMILES string of the molecule is COc1cc(-c2cn3nc(OCC[C@@]4(c5cnno5)CCNCC4C(C)C)sc3n2)ccn1. The lowest BCUT2D eigenvalue weighted by molar-refractivity contribution is 0.0900. The third kappa shape index (κ3) is 4.18. The maximum absolute atomic E-state index is 6.10. The molecule has 0 amide bonds. The van der Waals surface area contributed by atoms with Crippen LogP contribution in [0.2, 0.25) is 0 Å². The van der Waals surface area contributed by atoms with Crippen LogP contribution in [0.25, 0.3) is 16.2 Å². The van der Waals surface area contributed by atoms with Crippen LogP contribution in [0.5, 0.6) is 11.1 Å². The maximum Gasteiger partial charge on any atom is 0.294 e. The number of imidazole rings is 1. The molecule has 0 bridgehead atoms. The lowest BCUT2D eigenvalue weighted by Crippen LogP contribution is -2.50. The largest absolute Gasteiger partial charge is 0.481 e. The topological polar surface area (TPSA) is 112 Å². The van der Waals surface area contributed by atoms with Crippen molar-refractivity contribution in [3.05, 3.63) is 36.5 Å². The third-order valence-electron chi connectivity index (χ3n) is 6.52. The Hall–Kier alpha value is -3.05. The summed E-state index contributed by atoms with van der Waals surface area (Å²) in [7, 11) is 1.60. The molecule has 1 fully saturated rings. The molecule has 11 heteroatoms. The van der Waals surface area contributed by atoms with Gasteiger partial charge in [0.25, 0.3) is 5.19 Å². The molecule has 0 saturated carbocycles. The molecule has 1 aliphatic heterocycles. The maximum atomic E-state index is 6.10. The molecule has 1 N–H and O–H groups in total. The van der Waals surface area contributed by atoms with E-state index in [-0.39, 0.29) is 5.41 Å². The van der Waals surface area contributed by atoms with Crippen LogP contribution < -0.4 is 14.8 Å². The Kier molecular flexibility index (Phi) is 5.98. The first-order valence-corrected chi connectivity index (χ1v) is 11.9. The van der Waals surface area contributed by atoms with Gasteiger partial charge in [0.05, 0.1) is 31.8 Å². The minimum atomic E-state index is -0.159. The number of nitrogens with one attached hydrogen (secondary N) is 1. The number of nitrogens with zero attached hydrogens (tertiary/aromatic N) is 6. The summed E-state index contributed by atoms with van der Waals surface area (Å²) in [6, 6.07) is 3.75. The van der Waals surface area contributed by atoms with Gasteiger partial charge in [-0.2, -0.15) is 0 Å². The zero-order valence-corrected chi connectivity index (χ0v) is 19.7. The van der Waals surface area contributed by atoms with Crippen molar-refractivity contribution in [1.82, 2.24) is 35.3 Å². The van der Waals surface area contributed by atoms with Gasteiger partial charge in [-0.3, -0.25) is 0 Å². The van der Waals surface area contributed by atoms with E-state index in [0.29, 0.717) is 29.5 Å². The van der Waals surface area contributed by atoms with Gasteiger partial charge in [0.15, 0.2) is 5.76 Å². The fourth-order valence-electron chi connectivity index (χ4n) is 4.83. The quantitative estimate of drug-likeness (QED) is 0.415. The van der Waals surface area contributed by atoms with Crippen LogP contribution in [-0.4, -0.2) is 56.8 Å². The van der Waals surface area contributed by atoms with Crippen LogP contribution in [0.15, 0.2) is 35.2 Å². The molecule has 33 heavy (non-hydrogen) atoms. The molecule has 1 aliphatic rings. The molecule has 5 rings (SSSR count). The van der Waals surface area contributed by atoms with E-state index >= 15 is 0 Å². The highest BCUT2D eigenvalue weighted by molar-refractivity contribution is 7.18. The van der Waals surface area contributed by atoms with Crippen molar-refractivity contribution in [1.29, 1.82) is 0 Å². The van der Waals surface area contributed by atoms with Gasteiger partial charge in [-0.05, 0) is 55.2 Å². The number of aromatic nitrogens is 6.